The summed E-state index contributed by atoms with van der Waals surface area (Å²) in [6.07, 6.45) is 5.07. The van der Waals surface area contributed by atoms with Crippen LogP contribution >= 0.6 is 0 Å². The van der Waals surface area contributed by atoms with Crippen molar-refractivity contribution in [1.82, 2.24) is 19.6 Å². The van der Waals surface area contributed by atoms with Gasteiger partial charge in [-0.25, -0.2) is 12.7 Å². The van der Waals surface area contributed by atoms with Crippen LogP contribution < -0.4 is 5.32 Å². The third-order valence-electron chi connectivity index (χ3n) is 4.03. The van der Waals surface area contributed by atoms with Gasteiger partial charge in [0.2, 0.25) is 10.0 Å². The molecule has 1 aromatic rings. The monoisotopic (exact) mass is 312 g/mol. The standard InChI is InChI=1S/C14H24N4O2S/c1-4-21(19,20)18-9-5-13(6-10-18)17-12(3)14-11(2)15-7-8-16-14/h7-8,12-13,17H,4-6,9-10H2,1-3H3. The quantitative estimate of drug-likeness (QED) is 0.885. The Kier molecular flexibility index (Phi) is 5.29. The van der Waals surface area contributed by atoms with Gasteiger partial charge in [-0.1, -0.05) is 0 Å². The van der Waals surface area contributed by atoms with Crippen LogP contribution in [-0.2, 0) is 10.0 Å². The second-order valence-corrected chi connectivity index (χ2v) is 7.75. The van der Waals surface area contributed by atoms with Crippen LogP contribution in [0, 0.1) is 6.92 Å². The van der Waals surface area contributed by atoms with Gasteiger partial charge in [0.1, 0.15) is 0 Å². The molecule has 0 aliphatic carbocycles. The Morgan fingerprint density at radius 1 is 1.33 bits per heavy atom. The van der Waals surface area contributed by atoms with Gasteiger partial charge in [0.25, 0.3) is 0 Å². The van der Waals surface area contributed by atoms with Gasteiger partial charge in [-0.3, -0.25) is 9.97 Å². The molecule has 118 valence electrons. The second kappa shape index (κ2) is 6.81. The largest absolute Gasteiger partial charge is 0.306 e. The van der Waals surface area contributed by atoms with E-state index in [1.54, 1.807) is 23.6 Å². The molecule has 2 rings (SSSR count). The van der Waals surface area contributed by atoms with Crippen LogP contribution in [-0.4, -0.2) is 47.6 Å². The number of hydrogen-bond donors (Lipinski definition) is 1. The van der Waals surface area contributed by atoms with Crippen LogP contribution in [0.15, 0.2) is 12.4 Å². The molecule has 0 saturated carbocycles. The van der Waals surface area contributed by atoms with Crippen molar-refractivity contribution in [3.63, 3.8) is 0 Å². The van der Waals surface area contributed by atoms with E-state index in [-0.39, 0.29) is 11.8 Å². The molecule has 2 heterocycles. The molecule has 1 atom stereocenters. The zero-order valence-electron chi connectivity index (χ0n) is 12.9. The highest BCUT2D eigenvalue weighted by molar-refractivity contribution is 7.89. The minimum atomic E-state index is -3.05. The average molecular weight is 312 g/mol. The van der Waals surface area contributed by atoms with Gasteiger partial charge >= 0.3 is 0 Å². The maximum Gasteiger partial charge on any atom is 0.213 e. The molecular weight excluding hydrogens is 288 g/mol. The first kappa shape index (κ1) is 16.3. The maximum absolute atomic E-state index is 11.8. The average Bonchev–Trinajstić information content (AvgIpc) is 2.48. The van der Waals surface area contributed by atoms with Crippen LogP contribution in [0.25, 0.3) is 0 Å². The Labute approximate surface area is 127 Å². The molecule has 0 amide bonds. The Hall–Kier alpha value is -1.05. The summed E-state index contributed by atoms with van der Waals surface area (Å²) in [6, 6.07) is 0.447. The number of nitrogens with zero attached hydrogens (tertiary/aromatic N) is 3. The zero-order chi connectivity index (χ0) is 15.5. The summed E-state index contributed by atoms with van der Waals surface area (Å²) in [4.78, 5) is 8.64. The van der Waals surface area contributed by atoms with Crippen LogP contribution in [0.3, 0.4) is 0 Å². The Morgan fingerprint density at radius 3 is 2.52 bits per heavy atom. The van der Waals surface area contributed by atoms with Crippen molar-refractivity contribution in [3.8, 4) is 0 Å². The van der Waals surface area contributed by atoms with Gasteiger partial charge in [-0.2, -0.15) is 0 Å². The van der Waals surface area contributed by atoms with Crippen LogP contribution in [0.1, 0.15) is 44.1 Å². The summed E-state index contributed by atoms with van der Waals surface area (Å²) in [6.45, 7) is 6.92. The van der Waals surface area contributed by atoms with E-state index in [1.165, 1.54) is 0 Å². The molecule has 1 aliphatic rings. The van der Waals surface area contributed by atoms with E-state index in [2.05, 4.69) is 22.2 Å². The van der Waals surface area contributed by atoms with E-state index in [0.717, 1.165) is 24.2 Å². The zero-order valence-corrected chi connectivity index (χ0v) is 13.7. The summed E-state index contributed by atoms with van der Waals surface area (Å²) < 4.78 is 25.3. The third-order valence-corrected chi connectivity index (χ3v) is 5.91. The number of piperidine rings is 1. The predicted octanol–water partition coefficient (Wildman–Crippen LogP) is 1.25. The van der Waals surface area contributed by atoms with E-state index in [4.69, 9.17) is 0 Å². The molecule has 21 heavy (non-hydrogen) atoms. The summed E-state index contributed by atoms with van der Waals surface area (Å²) in [7, 11) is -3.05. The second-order valence-electron chi connectivity index (χ2n) is 5.49. The molecule has 0 radical (unpaired) electrons. The molecule has 7 heteroatoms. The Morgan fingerprint density at radius 2 is 1.95 bits per heavy atom. The number of rotatable bonds is 5. The third kappa shape index (κ3) is 3.99. The Balaban J connectivity index is 1.91. The van der Waals surface area contributed by atoms with Crippen molar-refractivity contribution in [2.45, 2.75) is 45.7 Å². The lowest BCUT2D eigenvalue weighted by Crippen LogP contribution is -2.46. The lowest BCUT2D eigenvalue weighted by Gasteiger charge is -2.33. The molecule has 0 aromatic carbocycles. The lowest BCUT2D eigenvalue weighted by molar-refractivity contribution is 0.276. The molecule has 1 fully saturated rings. The van der Waals surface area contributed by atoms with Crippen molar-refractivity contribution in [2.75, 3.05) is 18.8 Å². The molecule has 1 aliphatic heterocycles. The Bertz CT molecular complexity index is 568. The van der Waals surface area contributed by atoms with Crippen molar-refractivity contribution in [1.29, 1.82) is 0 Å². The fraction of sp³-hybridized carbons (Fsp3) is 0.714. The highest BCUT2D eigenvalue weighted by Gasteiger charge is 2.27. The van der Waals surface area contributed by atoms with Gasteiger partial charge in [0, 0.05) is 37.6 Å². The van der Waals surface area contributed by atoms with Crippen LogP contribution in [0.4, 0.5) is 0 Å². The van der Waals surface area contributed by atoms with Gasteiger partial charge < -0.3 is 5.32 Å². The highest BCUT2D eigenvalue weighted by Crippen LogP contribution is 2.19. The predicted molar refractivity (Wildman–Crippen MR) is 82.4 cm³/mol. The fourth-order valence-corrected chi connectivity index (χ4v) is 3.89. The summed E-state index contributed by atoms with van der Waals surface area (Å²) in [5.41, 5.74) is 1.89. The number of sulfonamides is 1. The van der Waals surface area contributed by atoms with Gasteiger partial charge in [0.05, 0.1) is 17.1 Å². The van der Waals surface area contributed by atoms with E-state index in [9.17, 15) is 8.42 Å². The smallest absolute Gasteiger partial charge is 0.213 e. The molecule has 0 bridgehead atoms. The molecule has 1 aromatic heterocycles. The minimum absolute atomic E-state index is 0.123. The molecular formula is C14H24N4O2S. The normalized spacial score (nSPS) is 19.6. The van der Waals surface area contributed by atoms with Crippen molar-refractivity contribution >= 4 is 10.0 Å². The van der Waals surface area contributed by atoms with Crippen molar-refractivity contribution < 1.29 is 8.42 Å². The molecule has 6 nitrogen and oxygen atoms in total. The highest BCUT2D eigenvalue weighted by atomic mass is 32.2. The van der Waals surface area contributed by atoms with Crippen LogP contribution in [0.5, 0.6) is 0 Å². The van der Waals surface area contributed by atoms with Crippen molar-refractivity contribution in [2.24, 2.45) is 0 Å². The first-order chi connectivity index (χ1) is 9.94. The maximum atomic E-state index is 11.8. The van der Waals surface area contributed by atoms with Gasteiger partial charge in [-0.05, 0) is 33.6 Å². The van der Waals surface area contributed by atoms with Crippen LogP contribution in [0.2, 0.25) is 0 Å². The number of hydrogen-bond acceptors (Lipinski definition) is 5. The van der Waals surface area contributed by atoms with Gasteiger partial charge in [0.15, 0.2) is 0 Å². The summed E-state index contributed by atoms with van der Waals surface area (Å²) >= 11 is 0. The summed E-state index contributed by atoms with van der Waals surface area (Å²) in [5.74, 6) is 0.181. The molecule has 1 N–H and O–H groups in total. The first-order valence-electron chi connectivity index (χ1n) is 7.45. The summed E-state index contributed by atoms with van der Waals surface area (Å²) in [5, 5.41) is 3.54. The van der Waals surface area contributed by atoms with E-state index >= 15 is 0 Å². The first-order valence-corrected chi connectivity index (χ1v) is 9.06. The molecule has 0 spiro atoms. The minimum Gasteiger partial charge on any atom is -0.306 e. The van der Waals surface area contributed by atoms with Gasteiger partial charge in [-0.15, -0.1) is 0 Å². The number of aromatic nitrogens is 2. The van der Waals surface area contributed by atoms with E-state index in [1.807, 2.05) is 6.92 Å². The van der Waals surface area contributed by atoms with E-state index < -0.39 is 10.0 Å². The molecule has 1 saturated heterocycles. The molecule has 1 unspecified atom stereocenters. The number of aryl methyl sites for hydroxylation is 1. The lowest BCUT2D eigenvalue weighted by atomic mass is 10.0. The number of nitrogens with one attached hydrogen (secondary N) is 1. The van der Waals surface area contributed by atoms with Crippen molar-refractivity contribution in [3.05, 3.63) is 23.8 Å². The fourth-order valence-electron chi connectivity index (χ4n) is 2.76. The van der Waals surface area contributed by atoms with E-state index in [0.29, 0.717) is 19.1 Å². The SMILES string of the molecule is CCS(=O)(=O)N1CCC(NC(C)c2nccnc2C)CC1. The topological polar surface area (TPSA) is 75.2 Å².